The number of ether oxygens (including phenoxy) is 1. The fourth-order valence-electron chi connectivity index (χ4n) is 5.64. The standard InChI is InChI=1S/C31H31N9O3S/c41-30(22-3-1-11-32-19-22)39-12-9-24(10-13-39)40-29-25(20-33-40)28(38-14-16-43-17-15-38)36-27(37-29)21-5-7-23(8-6-21)34-31(42)35-26-4-2-18-44-26/h1-8,11,18-20,24H,9-10,12-17H2,(H2,34,35,42). The lowest BCUT2D eigenvalue weighted by Crippen LogP contribution is -2.39. The van der Waals surface area contributed by atoms with Crippen LogP contribution in [-0.4, -0.2) is 81.0 Å². The summed E-state index contributed by atoms with van der Waals surface area (Å²) < 4.78 is 7.61. The maximum Gasteiger partial charge on any atom is 0.324 e. The number of fused-ring (bicyclic) bond motifs is 1. The number of hydrogen-bond acceptors (Lipinski definition) is 9. The highest BCUT2D eigenvalue weighted by Crippen LogP contribution is 2.32. The molecule has 7 rings (SSSR count). The van der Waals surface area contributed by atoms with Crippen LogP contribution in [0.4, 0.5) is 21.3 Å². The minimum Gasteiger partial charge on any atom is -0.378 e. The Kier molecular flexibility index (Phi) is 7.86. The zero-order chi connectivity index (χ0) is 29.9. The van der Waals surface area contributed by atoms with Crippen molar-refractivity contribution in [3.8, 4) is 11.4 Å². The monoisotopic (exact) mass is 609 g/mol. The number of aromatic nitrogens is 5. The van der Waals surface area contributed by atoms with Crippen LogP contribution in [0.3, 0.4) is 0 Å². The molecule has 0 aliphatic carbocycles. The van der Waals surface area contributed by atoms with Crippen LogP contribution in [0, 0.1) is 0 Å². The summed E-state index contributed by atoms with van der Waals surface area (Å²) in [6.07, 6.45) is 6.68. The van der Waals surface area contributed by atoms with Gasteiger partial charge in [-0.3, -0.25) is 15.1 Å². The second-order valence-electron chi connectivity index (χ2n) is 10.7. The first-order valence-electron chi connectivity index (χ1n) is 14.6. The third-order valence-corrected chi connectivity index (χ3v) is 8.69. The molecule has 2 aliphatic heterocycles. The van der Waals surface area contributed by atoms with E-state index < -0.39 is 0 Å². The largest absolute Gasteiger partial charge is 0.378 e. The number of nitrogens with zero attached hydrogens (tertiary/aromatic N) is 7. The Bertz CT molecular complexity index is 1750. The van der Waals surface area contributed by atoms with Crippen molar-refractivity contribution in [2.75, 3.05) is 54.9 Å². The number of pyridine rings is 1. The van der Waals surface area contributed by atoms with E-state index in [4.69, 9.17) is 19.8 Å². The van der Waals surface area contributed by atoms with Crippen molar-refractivity contribution < 1.29 is 14.3 Å². The van der Waals surface area contributed by atoms with Crippen molar-refractivity contribution >= 4 is 50.8 Å². The topological polar surface area (TPSA) is 130 Å². The number of nitrogens with one attached hydrogen (secondary N) is 2. The van der Waals surface area contributed by atoms with Crippen molar-refractivity contribution in [3.63, 3.8) is 0 Å². The van der Waals surface area contributed by atoms with Gasteiger partial charge in [-0.15, -0.1) is 11.3 Å². The van der Waals surface area contributed by atoms with Gasteiger partial charge in [-0.1, -0.05) is 0 Å². The maximum atomic E-state index is 13.0. The van der Waals surface area contributed by atoms with Gasteiger partial charge in [0.05, 0.1) is 41.4 Å². The second-order valence-corrected chi connectivity index (χ2v) is 11.6. The fraction of sp³-hybridized carbons (Fsp3) is 0.290. The Balaban J connectivity index is 1.14. The maximum absolute atomic E-state index is 13.0. The summed E-state index contributed by atoms with van der Waals surface area (Å²) in [7, 11) is 0. The van der Waals surface area contributed by atoms with Crippen LogP contribution in [0.1, 0.15) is 29.2 Å². The number of amides is 3. The average molecular weight is 610 g/mol. The summed E-state index contributed by atoms with van der Waals surface area (Å²) in [5.41, 5.74) is 2.86. The summed E-state index contributed by atoms with van der Waals surface area (Å²) in [5, 5.41) is 14.1. The third-order valence-electron chi connectivity index (χ3n) is 7.91. The van der Waals surface area contributed by atoms with Crippen LogP contribution in [-0.2, 0) is 4.74 Å². The average Bonchev–Trinajstić information content (AvgIpc) is 3.75. The molecule has 1 aromatic carbocycles. The molecule has 0 spiro atoms. The fourth-order valence-corrected chi connectivity index (χ4v) is 6.25. The first kappa shape index (κ1) is 27.9. The Morgan fingerprint density at radius 2 is 1.73 bits per heavy atom. The van der Waals surface area contributed by atoms with Gasteiger partial charge in [0, 0.05) is 49.8 Å². The molecule has 13 heteroatoms. The summed E-state index contributed by atoms with van der Waals surface area (Å²) in [6.45, 7) is 3.98. The van der Waals surface area contributed by atoms with Crippen molar-refractivity contribution in [2.45, 2.75) is 18.9 Å². The van der Waals surface area contributed by atoms with Gasteiger partial charge in [-0.2, -0.15) is 5.10 Å². The third kappa shape index (κ3) is 5.83. The molecule has 0 saturated carbocycles. The summed E-state index contributed by atoms with van der Waals surface area (Å²) in [5.74, 6) is 1.42. The van der Waals surface area contributed by atoms with Gasteiger partial charge >= 0.3 is 6.03 Å². The van der Waals surface area contributed by atoms with Crippen LogP contribution in [0.5, 0.6) is 0 Å². The van der Waals surface area contributed by atoms with Gasteiger partial charge in [0.25, 0.3) is 5.91 Å². The molecule has 0 radical (unpaired) electrons. The first-order valence-corrected chi connectivity index (χ1v) is 15.5. The zero-order valence-corrected chi connectivity index (χ0v) is 24.7. The second kappa shape index (κ2) is 12.4. The van der Waals surface area contributed by atoms with Crippen molar-refractivity contribution in [1.29, 1.82) is 0 Å². The van der Waals surface area contributed by atoms with Crippen molar-refractivity contribution in [3.05, 3.63) is 78.1 Å². The highest BCUT2D eigenvalue weighted by Gasteiger charge is 2.28. The number of morpholine rings is 1. The quantitative estimate of drug-likeness (QED) is 0.278. The molecular weight excluding hydrogens is 578 g/mol. The van der Waals surface area contributed by atoms with Crippen LogP contribution in [0.25, 0.3) is 22.4 Å². The predicted octanol–water partition coefficient (Wildman–Crippen LogP) is 4.91. The number of likely N-dealkylation sites (tertiary alicyclic amines) is 1. The molecular formula is C31H31N9O3S. The van der Waals surface area contributed by atoms with Gasteiger partial charge in [-0.25, -0.2) is 19.4 Å². The smallest absolute Gasteiger partial charge is 0.324 e. The number of carbonyl (C=O) groups excluding carboxylic acids is 2. The van der Waals surface area contributed by atoms with E-state index in [0.717, 1.165) is 53.3 Å². The van der Waals surface area contributed by atoms with Crippen LogP contribution < -0.4 is 15.5 Å². The lowest BCUT2D eigenvalue weighted by atomic mass is 10.0. The summed E-state index contributed by atoms with van der Waals surface area (Å²) >= 11 is 1.46. The first-order chi connectivity index (χ1) is 21.6. The van der Waals surface area contributed by atoms with E-state index in [1.54, 1.807) is 24.5 Å². The molecule has 2 aliphatic rings. The van der Waals surface area contributed by atoms with E-state index in [9.17, 15) is 9.59 Å². The molecule has 0 bridgehead atoms. The molecule has 0 unspecified atom stereocenters. The number of carbonyl (C=O) groups is 2. The Morgan fingerprint density at radius 3 is 2.45 bits per heavy atom. The van der Waals surface area contributed by atoms with E-state index >= 15 is 0 Å². The van der Waals surface area contributed by atoms with E-state index in [-0.39, 0.29) is 18.0 Å². The Morgan fingerprint density at radius 1 is 0.909 bits per heavy atom. The lowest BCUT2D eigenvalue weighted by molar-refractivity contribution is 0.0691. The molecule has 12 nitrogen and oxygen atoms in total. The lowest BCUT2D eigenvalue weighted by Gasteiger charge is -2.32. The van der Waals surface area contributed by atoms with E-state index in [1.807, 2.05) is 57.6 Å². The van der Waals surface area contributed by atoms with E-state index in [0.29, 0.717) is 43.4 Å². The molecule has 6 heterocycles. The Hall–Kier alpha value is -4.88. The van der Waals surface area contributed by atoms with E-state index in [2.05, 4.69) is 20.5 Å². The number of hydrogen-bond donors (Lipinski definition) is 2. The number of anilines is 3. The summed E-state index contributed by atoms with van der Waals surface area (Å²) in [6, 6.07) is 14.6. The molecule has 5 aromatic rings. The minimum atomic E-state index is -0.301. The normalized spacial score (nSPS) is 15.8. The predicted molar refractivity (Wildman–Crippen MR) is 169 cm³/mol. The van der Waals surface area contributed by atoms with Gasteiger partial charge in [0.1, 0.15) is 5.82 Å². The number of rotatable bonds is 6. The Labute approximate surface area is 257 Å². The molecule has 2 fully saturated rings. The molecule has 4 aromatic heterocycles. The van der Waals surface area contributed by atoms with Crippen LogP contribution >= 0.6 is 11.3 Å². The van der Waals surface area contributed by atoms with Crippen molar-refractivity contribution in [2.24, 2.45) is 0 Å². The molecule has 2 saturated heterocycles. The number of benzene rings is 1. The number of thiophene rings is 1. The molecule has 2 N–H and O–H groups in total. The van der Waals surface area contributed by atoms with E-state index in [1.165, 1.54) is 11.3 Å². The highest BCUT2D eigenvalue weighted by molar-refractivity contribution is 7.14. The van der Waals surface area contributed by atoms with Gasteiger partial charge < -0.3 is 19.9 Å². The SMILES string of the molecule is O=C(Nc1ccc(-c2nc(N3CCOCC3)c3cnn(C4CCN(C(=O)c5cccnc5)CC4)c3n2)cc1)Nc1cccs1. The molecule has 44 heavy (non-hydrogen) atoms. The summed E-state index contributed by atoms with van der Waals surface area (Å²) in [4.78, 5) is 43.6. The minimum absolute atomic E-state index is 0.00280. The molecule has 0 atom stereocenters. The van der Waals surface area contributed by atoms with Gasteiger partial charge in [0.15, 0.2) is 11.5 Å². The molecule has 224 valence electrons. The van der Waals surface area contributed by atoms with Crippen molar-refractivity contribution in [1.82, 2.24) is 29.6 Å². The van der Waals surface area contributed by atoms with Gasteiger partial charge in [-0.05, 0) is 66.8 Å². The van der Waals surface area contributed by atoms with Crippen LogP contribution in [0.15, 0.2) is 72.5 Å². The molecule has 3 amide bonds. The zero-order valence-electron chi connectivity index (χ0n) is 23.9. The van der Waals surface area contributed by atoms with Crippen LogP contribution in [0.2, 0.25) is 0 Å². The number of piperidine rings is 1. The van der Waals surface area contributed by atoms with Gasteiger partial charge in [0.2, 0.25) is 0 Å². The highest BCUT2D eigenvalue weighted by atomic mass is 32.1. The number of urea groups is 1.